The van der Waals surface area contributed by atoms with Crippen molar-refractivity contribution in [3.05, 3.63) is 58.1 Å². The highest BCUT2D eigenvalue weighted by Crippen LogP contribution is 2.24. The first-order valence-electron chi connectivity index (χ1n) is 7.94. The molecule has 0 fully saturated rings. The third-order valence-electron chi connectivity index (χ3n) is 3.80. The largest absolute Gasteiger partial charge is 0.322 e. The van der Waals surface area contributed by atoms with Gasteiger partial charge in [-0.25, -0.2) is 8.42 Å². The minimum Gasteiger partial charge on any atom is -0.322 e. The molecule has 0 spiro atoms. The van der Waals surface area contributed by atoms with Gasteiger partial charge in [0.15, 0.2) is 0 Å². The number of anilines is 1. The molecular formula is C18H18BrN3O3S. The first-order chi connectivity index (χ1) is 12.3. The van der Waals surface area contributed by atoms with Gasteiger partial charge in [-0.1, -0.05) is 13.8 Å². The summed E-state index contributed by atoms with van der Waals surface area (Å²) in [7, 11) is -3.66. The predicted octanol–water partition coefficient (Wildman–Crippen LogP) is 3.60. The zero-order chi connectivity index (χ0) is 19.3. The van der Waals surface area contributed by atoms with Gasteiger partial charge in [0.1, 0.15) is 0 Å². The van der Waals surface area contributed by atoms with Crippen LogP contribution in [0.25, 0.3) is 0 Å². The van der Waals surface area contributed by atoms with Crippen LogP contribution in [0.2, 0.25) is 0 Å². The molecule has 0 aromatic heterocycles. The van der Waals surface area contributed by atoms with Gasteiger partial charge in [-0.2, -0.15) is 9.57 Å². The summed E-state index contributed by atoms with van der Waals surface area (Å²) in [5.41, 5.74) is 1.21. The number of carbonyl (C=O) groups excluding carboxylic acids is 1. The van der Waals surface area contributed by atoms with Crippen LogP contribution >= 0.6 is 15.9 Å². The van der Waals surface area contributed by atoms with Crippen molar-refractivity contribution in [1.29, 1.82) is 5.26 Å². The Morgan fingerprint density at radius 3 is 2.31 bits per heavy atom. The normalized spacial score (nSPS) is 11.2. The predicted molar refractivity (Wildman–Crippen MR) is 103 cm³/mol. The fourth-order valence-electron chi connectivity index (χ4n) is 2.38. The molecule has 2 aromatic carbocycles. The van der Waals surface area contributed by atoms with E-state index in [0.29, 0.717) is 28.8 Å². The second kappa shape index (κ2) is 8.45. The van der Waals surface area contributed by atoms with Gasteiger partial charge < -0.3 is 5.32 Å². The molecule has 2 rings (SSSR count). The average molecular weight is 436 g/mol. The molecule has 0 saturated carbocycles. The second-order valence-electron chi connectivity index (χ2n) is 5.37. The van der Waals surface area contributed by atoms with Gasteiger partial charge in [0.25, 0.3) is 5.91 Å². The van der Waals surface area contributed by atoms with Gasteiger partial charge in [-0.3, -0.25) is 4.79 Å². The molecule has 0 radical (unpaired) electrons. The molecule has 1 N–H and O–H groups in total. The van der Waals surface area contributed by atoms with E-state index >= 15 is 0 Å². The Balaban J connectivity index is 2.34. The van der Waals surface area contributed by atoms with Gasteiger partial charge in [0.05, 0.1) is 22.1 Å². The van der Waals surface area contributed by atoms with Crippen LogP contribution in [0.5, 0.6) is 0 Å². The first kappa shape index (κ1) is 20.1. The smallest absolute Gasteiger partial charge is 0.256 e. The Bertz CT molecular complexity index is 947. The number of sulfonamides is 1. The molecule has 136 valence electrons. The molecule has 2 aromatic rings. The number of halogens is 1. The van der Waals surface area contributed by atoms with Crippen LogP contribution in [0.3, 0.4) is 0 Å². The summed E-state index contributed by atoms with van der Waals surface area (Å²) in [6.45, 7) is 4.22. The summed E-state index contributed by atoms with van der Waals surface area (Å²) in [4.78, 5) is 12.6. The zero-order valence-corrected chi connectivity index (χ0v) is 16.8. The van der Waals surface area contributed by atoms with Crippen molar-refractivity contribution < 1.29 is 13.2 Å². The third-order valence-corrected chi connectivity index (χ3v) is 6.53. The number of hydrogen-bond acceptors (Lipinski definition) is 4. The number of nitriles is 1. The number of amides is 1. The van der Waals surface area contributed by atoms with Crippen molar-refractivity contribution in [2.75, 3.05) is 18.4 Å². The van der Waals surface area contributed by atoms with Crippen molar-refractivity contribution >= 4 is 37.5 Å². The fourth-order valence-corrected chi connectivity index (χ4v) is 4.29. The molecule has 1 amide bonds. The summed E-state index contributed by atoms with van der Waals surface area (Å²) in [5, 5.41) is 11.5. The molecule has 0 atom stereocenters. The van der Waals surface area contributed by atoms with Gasteiger partial charge >= 0.3 is 0 Å². The number of nitrogens with one attached hydrogen (secondary N) is 1. The van der Waals surface area contributed by atoms with Crippen LogP contribution in [0.1, 0.15) is 29.8 Å². The van der Waals surface area contributed by atoms with E-state index in [2.05, 4.69) is 21.2 Å². The van der Waals surface area contributed by atoms with Crippen LogP contribution in [0.4, 0.5) is 5.69 Å². The van der Waals surface area contributed by atoms with E-state index in [1.807, 2.05) is 6.07 Å². The fraction of sp³-hybridized carbons (Fsp3) is 0.222. The maximum Gasteiger partial charge on any atom is 0.256 e. The van der Waals surface area contributed by atoms with E-state index in [4.69, 9.17) is 5.26 Å². The lowest BCUT2D eigenvalue weighted by Gasteiger charge is -2.19. The Morgan fingerprint density at radius 2 is 1.77 bits per heavy atom. The molecule has 0 unspecified atom stereocenters. The monoisotopic (exact) mass is 435 g/mol. The molecule has 0 aliphatic carbocycles. The number of hydrogen-bond donors (Lipinski definition) is 1. The minimum atomic E-state index is -3.66. The highest BCUT2D eigenvalue weighted by atomic mass is 79.9. The van der Waals surface area contributed by atoms with Crippen molar-refractivity contribution in [3.63, 3.8) is 0 Å². The molecule has 26 heavy (non-hydrogen) atoms. The van der Waals surface area contributed by atoms with E-state index in [1.54, 1.807) is 44.2 Å². The Kier molecular flexibility index (Phi) is 6.53. The maximum atomic E-state index is 12.7. The molecule has 0 saturated heterocycles. The van der Waals surface area contributed by atoms with Crippen LogP contribution in [0, 0.1) is 11.3 Å². The molecule has 8 heteroatoms. The summed E-state index contributed by atoms with van der Waals surface area (Å²) in [6, 6.07) is 12.8. The van der Waals surface area contributed by atoms with E-state index in [1.165, 1.54) is 16.4 Å². The van der Waals surface area contributed by atoms with Gasteiger partial charge in [-0.15, -0.1) is 0 Å². The maximum absolute atomic E-state index is 12.7. The molecule has 0 bridgehead atoms. The Hall–Kier alpha value is -2.21. The molecule has 0 aliphatic rings. The van der Waals surface area contributed by atoms with E-state index in [-0.39, 0.29) is 10.5 Å². The number of nitrogens with zero attached hydrogens (tertiary/aromatic N) is 2. The average Bonchev–Trinajstić information content (AvgIpc) is 2.63. The lowest BCUT2D eigenvalue weighted by atomic mass is 10.2. The molecular weight excluding hydrogens is 418 g/mol. The summed E-state index contributed by atoms with van der Waals surface area (Å²) in [6.07, 6.45) is 0. The van der Waals surface area contributed by atoms with Gasteiger partial charge in [-0.05, 0) is 58.4 Å². The van der Waals surface area contributed by atoms with Crippen molar-refractivity contribution in [1.82, 2.24) is 4.31 Å². The number of rotatable bonds is 6. The minimum absolute atomic E-state index is 0.0642. The summed E-state index contributed by atoms with van der Waals surface area (Å²) in [5.74, 6) is -0.446. The van der Waals surface area contributed by atoms with Gasteiger partial charge in [0, 0.05) is 23.2 Å². The quantitative estimate of drug-likeness (QED) is 0.749. The first-order valence-corrected chi connectivity index (χ1v) is 10.2. The Labute approximate surface area is 161 Å². The molecule has 0 heterocycles. The topological polar surface area (TPSA) is 90.3 Å². The number of carbonyl (C=O) groups is 1. The van der Waals surface area contributed by atoms with E-state index < -0.39 is 15.9 Å². The Morgan fingerprint density at radius 1 is 1.15 bits per heavy atom. The standard InChI is InChI=1S/C18H18BrN3O3S/c1-3-22(4-2)26(24,25)15-9-10-17(19)16(11-15)18(23)21-14-7-5-13(12-20)6-8-14/h5-11H,3-4H2,1-2H3,(H,21,23). The van der Waals surface area contributed by atoms with Crippen LogP contribution < -0.4 is 5.32 Å². The molecule has 6 nitrogen and oxygen atoms in total. The summed E-state index contributed by atoms with van der Waals surface area (Å²) >= 11 is 3.29. The zero-order valence-electron chi connectivity index (χ0n) is 14.4. The van der Waals surface area contributed by atoms with Crippen molar-refractivity contribution in [2.24, 2.45) is 0 Å². The lowest BCUT2D eigenvalue weighted by molar-refractivity contribution is 0.102. The number of benzene rings is 2. The van der Waals surface area contributed by atoms with Crippen molar-refractivity contribution in [2.45, 2.75) is 18.7 Å². The van der Waals surface area contributed by atoms with Crippen LogP contribution in [-0.4, -0.2) is 31.7 Å². The lowest BCUT2D eigenvalue weighted by Crippen LogP contribution is -2.30. The van der Waals surface area contributed by atoms with Crippen molar-refractivity contribution in [3.8, 4) is 6.07 Å². The molecule has 0 aliphatic heterocycles. The summed E-state index contributed by atoms with van der Waals surface area (Å²) < 4.78 is 27.1. The van der Waals surface area contributed by atoms with Crippen LogP contribution in [0.15, 0.2) is 51.8 Å². The van der Waals surface area contributed by atoms with Gasteiger partial charge in [0.2, 0.25) is 10.0 Å². The third kappa shape index (κ3) is 4.30. The SMILES string of the molecule is CCN(CC)S(=O)(=O)c1ccc(Br)c(C(=O)Nc2ccc(C#N)cc2)c1. The van der Waals surface area contributed by atoms with E-state index in [0.717, 1.165) is 0 Å². The van der Waals surface area contributed by atoms with Crippen LogP contribution in [-0.2, 0) is 10.0 Å². The second-order valence-corrected chi connectivity index (χ2v) is 8.17. The highest BCUT2D eigenvalue weighted by Gasteiger charge is 2.23. The highest BCUT2D eigenvalue weighted by molar-refractivity contribution is 9.10. The van der Waals surface area contributed by atoms with E-state index in [9.17, 15) is 13.2 Å².